The van der Waals surface area contributed by atoms with Gasteiger partial charge in [0.25, 0.3) is 0 Å². The van der Waals surface area contributed by atoms with Crippen LogP contribution in [0, 0.1) is 0 Å². The molecule has 3 aromatic rings. The standard InChI is InChI=1S/C17H16N6O2S/c24-14(20-16(25)19-10-12-4-2-1-3-5-12)11-26-17-21-15(22-23-17)13-6-8-18-9-7-13/h1-9H,10-11H2,(H,21,22,23)(H2,19,20,24,25). The minimum Gasteiger partial charge on any atom is -0.334 e. The summed E-state index contributed by atoms with van der Waals surface area (Å²) in [4.78, 5) is 31.8. The van der Waals surface area contributed by atoms with Crippen molar-refractivity contribution in [2.75, 3.05) is 5.75 Å². The van der Waals surface area contributed by atoms with E-state index >= 15 is 0 Å². The average molecular weight is 368 g/mol. The van der Waals surface area contributed by atoms with Crippen molar-refractivity contribution in [1.82, 2.24) is 30.8 Å². The van der Waals surface area contributed by atoms with Gasteiger partial charge < -0.3 is 5.32 Å². The molecule has 9 heteroatoms. The van der Waals surface area contributed by atoms with E-state index in [0.29, 0.717) is 17.5 Å². The molecule has 0 fully saturated rings. The molecule has 0 aliphatic heterocycles. The van der Waals surface area contributed by atoms with Crippen LogP contribution in [-0.2, 0) is 11.3 Å². The summed E-state index contributed by atoms with van der Waals surface area (Å²) in [6.07, 6.45) is 3.32. The zero-order valence-electron chi connectivity index (χ0n) is 13.7. The largest absolute Gasteiger partial charge is 0.334 e. The smallest absolute Gasteiger partial charge is 0.321 e. The molecule has 0 aliphatic carbocycles. The Kier molecular flexibility index (Phi) is 5.94. The SMILES string of the molecule is O=C(CSc1n[nH]c(-c2ccncc2)n1)NC(=O)NCc1ccccc1. The average Bonchev–Trinajstić information content (AvgIpc) is 3.15. The monoisotopic (exact) mass is 368 g/mol. The van der Waals surface area contributed by atoms with Crippen LogP contribution in [0.2, 0.25) is 0 Å². The molecule has 0 spiro atoms. The molecule has 0 aliphatic rings. The van der Waals surface area contributed by atoms with Crippen LogP contribution in [-0.4, -0.2) is 37.9 Å². The van der Waals surface area contributed by atoms with Crippen LogP contribution in [0.1, 0.15) is 5.56 Å². The first-order chi connectivity index (χ1) is 12.7. The zero-order valence-corrected chi connectivity index (χ0v) is 14.5. The van der Waals surface area contributed by atoms with Gasteiger partial charge in [0.1, 0.15) is 0 Å². The summed E-state index contributed by atoms with van der Waals surface area (Å²) in [5, 5.41) is 12.2. The minimum absolute atomic E-state index is 0.0341. The van der Waals surface area contributed by atoms with Crippen LogP contribution in [0.3, 0.4) is 0 Å². The number of urea groups is 1. The van der Waals surface area contributed by atoms with E-state index < -0.39 is 11.9 Å². The minimum atomic E-state index is -0.535. The van der Waals surface area contributed by atoms with Crippen LogP contribution in [0.4, 0.5) is 4.79 Å². The molecule has 3 N–H and O–H groups in total. The maximum atomic E-state index is 11.8. The number of carbonyl (C=O) groups is 2. The molecule has 0 bridgehead atoms. The number of H-pyrrole nitrogens is 1. The molecule has 1 aromatic carbocycles. The van der Waals surface area contributed by atoms with Crippen LogP contribution in [0.25, 0.3) is 11.4 Å². The third kappa shape index (κ3) is 5.15. The van der Waals surface area contributed by atoms with Crippen LogP contribution >= 0.6 is 11.8 Å². The summed E-state index contributed by atoms with van der Waals surface area (Å²) in [5.41, 5.74) is 1.80. The number of hydrogen-bond donors (Lipinski definition) is 3. The van der Waals surface area contributed by atoms with Gasteiger partial charge in [-0.3, -0.25) is 20.2 Å². The normalized spacial score (nSPS) is 10.3. The third-order valence-electron chi connectivity index (χ3n) is 3.30. The highest BCUT2D eigenvalue weighted by atomic mass is 32.2. The second-order valence-corrected chi connectivity index (χ2v) is 6.15. The van der Waals surface area contributed by atoms with Crippen molar-refractivity contribution in [1.29, 1.82) is 0 Å². The number of aromatic nitrogens is 4. The second kappa shape index (κ2) is 8.77. The van der Waals surface area contributed by atoms with Gasteiger partial charge in [-0.25, -0.2) is 9.78 Å². The first kappa shape index (κ1) is 17.6. The van der Waals surface area contributed by atoms with Gasteiger partial charge in [0.15, 0.2) is 5.82 Å². The van der Waals surface area contributed by atoms with Crippen molar-refractivity contribution in [2.45, 2.75) is 11.7 Å². The Morgan fingerprint density at radius 3 is 2.62 bits per heavy atom. The van der Waals surface area contributed by atoms with Crippen molar-refractivity contribution in [3.8, 4) is 11.4 Å². The highest BCUT2D eigenvalue weighted by Crippen LogP contribution is 2.18. The summed E-state index contributed by atoms with van der Waals surface area (Å²) < 4.78 is 0. The van der Waals surface area contributed by atoms with Crippen molar-refractivity contribution in [3.05, 3.63) is 60.4 Å². The van der Waals surface area contributed by atoms with Crippen molar-refractivity contribution in [3.63, 3.8) is 0 Å². The van der Waals surface area contributed by atoms with E-state index in [1.165, 1.54) is 0 Å². The molecule has 132 valence electrons. The molecule has 0 saturated heterocycles. The molecular formula is C17H16N6O2S. The lowest BCUT2D eigenvalue weighted by molar-refractivity contribution is -0.117. The fourth-order valence-electron chi connectivity index (χ4n) is 2.07. The van der Waals surface area contributed by atoms with Crippen LogP contribution < -0.4 is 10.6 Å². The van der Waals surface area contributed by atoms with E-state index in [4.69, 9.17) is 0 Å². The second-order valence-electron chi connectivity index (χ2n) is 5.21. The fourth-order valence-corrected chi connectivity index (χ4v) is 2.66. The Balaban J connectivity index is 1.42. The number of thioether (sulfide) groups is 1. The van der Waals surface area contributed by atoms with Gasteiger partial charge in [-0.15, -0.1) is 5.10 Å². The van der Waals surface area contributed by atoms with E-state index in [2.05, 4.69) is 30.8 Å². The number of rotatable bonds is 6. The number of carbonyl (C=O) groups excluding carboxylic acids is 2. The molecule has 0 saturated carbocycles. The Morgan fingerprint density at radius 1 is 1.08 bits per heavy atom. The number of hydrogen-bond acceptors (Lipinski definition) is 6. The van der Waals surface area contributed by atoms with Crippen molar-refractivity contribution in [2.24, 2.45) is 0 Å². The Labute approximate surface area is 153 Å². The number of aromatic amines is 1. The van der Waals surface area contributed by atoms with Crippen molar-refractivity contribution >= 4 is 23.7 Å². The van der Waals surface area contributed by atoms with Gasteiger partial charge >= 0.3 is 6.03 Å². The predicted octanol–water partition coefficient (Wildman–Crippen LogP) is 1.98. The van der Waals surface area contributed by atoms with Crippen LogP contribution in [0.5, 0.6) is 0 Å². The van der Waals surface area contributed by atoms with Gasteiger partial charge in [0.2, 0.25) is 11.1 Å². The lowest BCUT2D eigenvalue weighted by Gasteiger charge is -2.06. The topological polar surface area (TPSA) is 113 Å². The van der Waals surface area contributed by atoms with Crippen LogP contribution in [0.15, 0.2) is 60.0 Å². The Bertz CT molecular complexity index is 869. The number of imide groups is 1. The quantitative estimate of drug-likeness (QED) is 0.574. The maximum Gasteiger partial charge on any atom is 0.321 e. The highest BCUT2D eigenvalue weighted by molar-refractivity contribution is 7.99. The lowest BCUT2D eigenvalue weighted by atomic mass is 10.2. The van der Waals surface area contributed by atoms with Gasteiger partial charge in [0, 0.05) is 24.5 Å². The number of benzene rings is 1. The van der Waals surface area contributed by atoms with E-state index in [0.717, 1.165) is 22.9 Å². The number of pyridine rings is 1. The third-order valence-corrected chi connectivity index (χ3v) is 4.15. The molecule has 26 heavy (non-hydrogen) atoms. The number of amides is 3. The van der Waals surface area contributed by atoms with Gasteiger partial charge in [-0.1, -0.05) is 42.1 Å². The summed E-state index contributed by atoms with van der Waals surface area (Å²) in [6.45, 7) is 0.351. The fraction of sp³-hybridized carbons (Fsp3) is 0.118. The first-order valence-electron chi connectivity index (χ1n) is 7.78. The van der Waals surface area contributed by atoms with Gasteiger partial charge in [0.05, 0.1) is 5.75 Å². The molecule has 3 amide bonds. The molecule has 0 unspecified atom stereocenters. The van der Waals surface area contributed by atoms with E-state index in [9.17, 15) is 9.59 Å². The number of nitrogens with one attached hydrogen (secondary N) is 3. The van der Waals surface area contributed by atoms with Gasteiger partial charge in [-0.2, -0.15) is 0 Å². The number of nitrogens with zero attached hydrogens (tertiary/aromatic N) is 3. The summed E-state index contributed by atoms with van der Waals surface area (Å²) in [7, 11) is 0. The maximum absolute atomic E-state index is 11.8. The van der Waals surface area contributed by atoms with Gasteiger partial charge in [-0.05, 0) is 17.7 Å². The molecule has 2 aromatic heterocycles. The zero-order chi connectivity index (χ0) is 18.2. The Morgan fingerprint density at radius 2 is 1.85 bits per heavy atom. The summed E-state index contributed by atoms with van der Waals surface area (Å²) >= 11 is 1.14. The predicted molar refractivity (Wildman–Crippen MR) is 97.2 cm³/mol. The Hall–Kier alpha value is -3.20. The van der Waals surface area contributed by atoms with E-state index in [1.54, 1.807) is 24.5 Å². The first-order valence-corrected chi connectivity index (χ1v) is 8.76. The molecule has 0 atom stereocenters. The molecule has 8 nitrogen and oxygen atoms in total. The molecule has 2 heterocycles. The summed E-state index contributed by atoms with van der Waals surface area (Å²) in [5.74, 6) is 0.207. The molecule has 0 radical (unpaired) electrons. The summed E-state index contributed by atoms with van der Waals surface area (Å²) in [6, 6.07) is 12.5. The molecular weight excluding hydrogens is 352 g/mol. The molecule has 3 rings (SSSR count). The van der Waals surface area contributed by atoms with E-state index in [-0.39, 0.29) is 5.75 Å². The van der Waals surface area contributed by atoms with Crippen molar-refractivity contribution < 1.29 is 9.59 Å². The highest BCUT2D eigenvalue weighted by Gasteiger charge is 2.11. The lowest BCUT2D eigenvalue weighted by Crippen LogP contribution is -2.39. The van der Waals surface area contributed by atoms with E-state index in [1.807, 2.05) is 30.3 Å².